The first-order valence-electron chi connectivity index (χ1n) is 9.43. The van der Waals surface area contributed by atoms with Gasteiger partial charge in [0.25, 0.3) is 5.91 Å². The molecule has 0 saturated carbocycles. The number of sulfonamides is 1. The molecule has 1 amide bonds. The van der Waals surface area contributed by atoms with Crippen LogP contribution in [-0.4, -0.2) is 56.3 Å². The van der Waals surface area contributed by atoms with Crippen LogP contribution in [0.4, 0.5) is 8.78 Å². The number of alkyl halides is 2. The van der Waals surface area contributed by atoms with Gasteiger partial charge in [0.2, 0.25) is 10.0 Å². The van der Waals surface area contributed by atoms with E-state index in [0.29, 0.717) is 21.6 Å². The predicted octanol–water partition coefficient (Wildman–Crippen LogP) is 3.73. The molecule has 1 saturated heterocycles. The normalized spacial score (nSPS) is 15.6. The van der Waals surface area contributed by atoms with Crippen molar-refractivity contribution in [2.45, 2.75) is 39.2 Å². The third-order valence-electron chi connectivity index (χ3n) is 5.05. The lowest BCUT2D eigenvalue weighted by Crippen LogP contribution is -2.50. The van der Waals surface area contributed by atoms with Crippen molar-refractivity contribution < 1.29 is 26.7 Å². The molecule has 10 heteroatoms. The SMILES string of the molecule is Cc1cc(S(=O)(=O)N2CCN(C(=O)c3cc(C)c(OC(F)F)c(C)c3)CC2)c(C)s1. The number of carbonyl (C=O) groups excluding carboxylic acids is 1. The monoisotopic (exact) mass is 458 g/mol. The number of rotatable bonds is 5. The third kappa shape index (κ3) is 4.50. The smallest absolute Gasteiger partial charge is 0.387 e. The van der Waals surface area contributed by atoms with E-state index in [-0.39, 0.29) is 37.8 Å². The van der Waals surface area contributed by atoms with Gasteiger partial charge in [-0.25, -0.2) is 8.42 Å². The third-order valence-corrected chi connectivity index (χ3v) is 8.17. The van der Waals surface area contributed by atoms with E-state index < -0.39 is 16.6 Å². The lowest BCUT2D eigenvalue weighted by atomic mass is 10.0. The fourth-order valence-corrected chi connectivity index (χ4v) is 6.61. The van der Waals surface area contributed by atoms with Crippen molar-refractivity contribution in [1.82, 2.24) is 9.21 Å². The van der Waals surface area contributed by atoms with Crippen LogP contribution in [0.2, 0.25) is 0 Å². The van der Waals surface area contributed by atoms with E-state index in [1.165, 1.54) is 27.8 Å². The number of piperazine rings is 1. The van der Waals surface area contributed by atoms with Gasteiger partial charge in [-0.2, -0.15) is 13.1 Å². The molecule has 0 radical (unpaired) electrons. The van der Waals surface area contributed by atoms with Gasteiger partial charge < -0.3 is 9.64 Å². The second-order valence-electron chi connectivity index (χ2n) is 7.29. The maximum absolute atomic E-state index is 12.9. The number of carbonyl (C=O) groups is 1. The molecule has 2 heterocycles. The molecular formula is C20H24F2N2O4S2. The van der Waals surface area contributed by atoms with Gasteiger partial charge in [-0.15, -0.1) is 11.3 Å². The summed E-state index contributed by atoms with van der Waals surface area (Å²) in [6, 6.07) is 4.72. The maximum Gasteiger partial charge on any atom is 0.387 e. The summed E-state index contributed by atoms with van der Waals surface area (Å²) in [7, 11) is -3.60. The number of thiophene rings is 1. The molecule has 3 rings (SSSR count). The minimum Gasteiger partial charge on any atom is -0.434 e. The van der Waals surface area contributed by atoms with E-state index in [1.54, 1.807) is 31.7 Å². The van der Waals surface area contributed by atoms with Crippen LogP contribution in [-0.2, 0) is 10.0 Å². The second-order valence-corrected chi connectivity index (χ2v) is 10.7. The van der Waals surface area contributed by atoms with Gasteiger partial charge in [-0.1, -0.05) is 0 Å². The van der Waals surface area contributed by atoms with E-state index in [0.717, 1.165) is 9.75 Å². The first-order chi connectivity index (χ1) is 14.0. The highest BCUT2D eigenvalue weighted by molar-refractivity contribution is 7.89. The topological polar surface area (TPSA) is 66.9 Å². The summed E-state index contributed by atoms with van der Waals surface area (Å²) in [5, 5.41) is 0. The van der Waals surface area contributed by atoms with Crippen molar-refractivity contribution in [1.29, 1.82) is 0 Å². The molecule has 1 aromatic heterocycles. The summed E-state index contributed by atoms with van der Waals surface area (Å²) < 4.78 is 56.9. The number of benzene rings is 1. The van der Waals surface area contributed by atoms with Crippen LogP contribution in [0.15, 0.2) is 23.1 Å². The lowest BCUT2D eigenvalue weighted by Gasteiger charge is -2.34. The fraction of sp³-hybridized carbons (Fsp3) is 0.450. The van der Waals surface area contributed by atoms with Gasteiger partial charge >= 0.3 is 6.61 Å². The van der Waals surface area contributed by atoms with Crippen molar-refractivity contribution in [2.75, 3.05) is 26.2 Å². The molecule has 0 spiro atoms. The highest BCUT2D eigenvalue weighted by Crippen LogP contribution is 2.29. The number of ether oxygens (including phenoxy) is 1. The van der Waals surface area contributed by atoms with Gasteiger partial charge in [0, 0.05) is 41.5 Å². The van der Waals surface area contributed by atoms with Crippen molar-refractivity contribution in [2.24, 2.45) is 0 Å². The molecule has 1 fully saturated rings. The molecule has 0 bridgehead atoms. The first-order valence-corrected chi connectivity index (χ1v) is 11.7. The Balaban J connectivity index is 1.72. The minimum atomic E-state index is -3.60. The molecule has 6 nitrogen and oxygen atoms in total. The molecule has 164 valence electrons. The van der Waals surface area contributed by atoms with Crippen molar-refractivity contribution in [3.63, 3.8) is 0 Å². The molecule has 1 aliphatic heterocycles. The fourth-order valence-electron chi connectivity index (χ4n) is 3.67. The summed E-state index contributed by atoms with van der Waals surface area (Å²) in [5.74, 6) is -0.191. The molecule has 30 heavy (non-hydrogen) atoms. The second kappa shape index (κ2) is 8.60. The molecule has 1 aromatic carbocycles. The van der Waals surface area contributed by atoms with Gasteiger partial charge in [0.05, 0.1) is 4.90 Å². The van der Waals surface area contributed by atoms with Crippen LogP contribution in [0.1, 0.15) is 31.2 Å². The number of amides is 1. The zero-order valence-electron chi connectivity index (χ0n) is 17.2. The minimum absolute atomic E-state index is 0.0684. The highest BCUT2D eigenvalue weighted by atomic mass is 32.2. The largest absolute Gasteiger partial charge is 0.434 e. The average Bonchev–Trinajstić information content (AvgIpc) is 3.02. The van der Waals surface area contributed by atoms with Crippen LogP contribution in [0.25, 0.3) is 0 Å². The standard InChI is InChI=1S/C20H24F2N2O4S2/c1-12-9-16(10-13(2)18(12)28-20(21)22)19(25)23-5-7-24(8-6-23)30(26,27)17-11-14(3)29-15(17)4/h9-11,20H,5-8H2,1-4H3. The van der Waals surface area contributed by atoms with Crippen molar-refractivity contribution in [3.8, 4) is 5.75 Å². The Labute approximate surface area is 179 Å². The summed E-state index contributed by atoms with van der Waals surface area (Å²) in [5.41, 5.74) is 1.26. The van der Waals surface area contributed by atoms with Gasteiger partial charge in [-0.3, -0.25) is 4.79 Å². The molecule has 1 aliphatic rings. The molecule has 0 unspecified atom stereocenters. The van der Waals surface area contributed by atoms with E-state index in [1.807, 2.05) is 6.92 Å². The Bertz CT molecular complexity index is 1040. The Morgan fingerprint density at radius 1 is 1.03 bits per heavy atom. The van der Waals surface area contributed by atoms with E-state index in [4.69, 9.17) is 0 Å². The number of aryl methyl sites for hydroxylation is 4. The van der Waals surface area contributed by atoms with Crippen LogP contribution < -0.4 is 4.74 Å². The van der Waals surface area contributed by atoms with E-state index in [9.17, 15) is 22.0 Å². The van der Waals surface area contributed by atoms with Crippen molar-refractivity contribution in [3.05, 3.63) is 44.6 Å². The molecule has 2 aromatic rings. The van der Waals surface area contributed by atoms with E-state index in [2.05, 4.69) is 4.74 Å². The number of nitrogens with zero attached hydrogens (tertiary/aromatic N) is 2. The Hall–Kier alpha value is -2.04. The van der Waals surface area contributed by atoms with Gasteiger partial charge in [-0.05, 0) is 57.0 Å². The van der Waals surface area contributed by atoms with Gasteiger partial charge in [0.1, 0.15) is 5.75 Å². The molecular weight excluding hydrogens is 434 g/mol. The lowest BCUT2D eigenvalue weighted by molar-refractivity contribution is -0.0507. The van der Waals surface area contributed by atoms with Gasteiger partial charge in [0.15, 0.2) is 0 Å². The quantitative estimate of drug-likeness (QED) is 0.685. The predicted molar refractivity (Wildman–Crippen MR) is 111 cm³/mol. The summed E-state index contributed by atoms with van der Waals surface area (Å²) >= 11 is 1.44. The zero-order valence-corrected chi connectivity index (χ0v) is 18.9. The van der Waals surface area contributed by atoms with Crippen LogP contribution in [0, 0.1) is 27.7 Å². The van der Waals surface area contributed by atoms with Crippen LogP contribution >= 0.6 is 11.3 Å². The number of hydrogen-bond acceptors (Lipinski definition) is 5. The molecule has 0 aliphatic carbocycles. The van der Waals surface area contributed by atoms with Crippen molar-refractivity contribution >= 4 is 27.3 Å². The van der Waals surface area contributed by atoms with Crippen LogP contribution in [0.5, 0.6) is 5.75 Å². The summed E-state index contributed by atoms with van der Waals surface area (Å²) in [4.78, 5) is 16.5. The van der Waals surface area contributed by atoms with E-state index >= 15 is 0 Å². The Morgan fingerprint density at radius 2 is 1.60 bits per heavy atom. The van der Waals surface area contributed by atoms with Crippen LogP contribution in [0.3, 0.4) is 0 Å². The Morgan fingerprint density at radius 3 is 2.07 bits per heavy atom. The molecule has 0 atom stereocenters. The molecule has 0 N–H and O–H groups in total. The number of hydrogen-bond donors (Lipinski definition) is 0. The maximum atomic E-state index is 12.9. The Kier molecular flexibility index (Phi) is 6.49. The highest BCUT2D eigenvalue weighted by Gasteiger charge is 2.32. The summed E-state index contributed by atoms with van der Waals surface area (Å²) in [6.07, 6.45) is 0. The first kappa shape index (κ1) is 22.6. The summed E-state index contributed by atoms with van der Waals surface area (Å²) in [6.45, 7) is 4.86. The number of halogens is 2. The average molecular weight is 459 g/mol. The zero-order chi connectivity index (χ0) is 22.2.